The van der Waals surface area contributed by atoms with Crippen LogP contribution < -0.4 is 14.8 Å². The van der Waals surface area contributed by atoms with Gasteiger partial charge in [0.05, 0.1) is 0 Å². The fourth-order valence-corrected chi connectivity index (χ4v) is 2.46. The monoisotopic (exact) mass is 352 g/mol. The third-order valence-corrected chi connectivity index (χ3v) is 3.90. The van der Waals surface area contributed by atoms with E-state index in [9.17, 15) is 9.59 Å². The van der Waals surface area contributed by atoms with E-state index in [-0.39, 0.29) is 18.6 Å². The Morgan fingerprint density at radius 1 is 1.08 bits per heavy atom. The molecule has 2 amide bonds. The fraction of sp³-hybridized carbons (Fsp3) is 0.200. The van der Waals surface area contributed by atoms with Gasteiger partial charge in [-0.15, -0.1) is 0 Å². The lowest BCUT2D eigenvalue weighted by atomic mass is 10.1. The second-order valence-electron chi connectivity index (χ2n) is 6.06. The van der Waals surface area contributed by atoms with Crippen molar-refractivity contribution in [3.63, 3.8) is 0 Å². The van der Waals surface area contributed by atoms with E-state index >= 15 is 0 Å². The quantitative estimate of drug-likeness (QED) is 0.840. The van der Waals surface area contributed by atoms with E-state index in [0.717, 1.165) is 11.1 Å². The highest BCUT2D eigenvalue weighted by atomic mass is 16.7. The highest BCUT2D eigenvalue weighted by Crippen LogP contribution is 2.32. The molecule has 0 unspecified atom stereocenters. The Hall–Kier alpha value is -3.28. The first-order valence-corrected chi connectivity index (χ1v) is 8.19. The van der Waals surface area contributed by atoms with Crippen LogP contribution in [-0.2, 0) is 11.3 Å². The first kappa shape index (κ1) is 17.5. The van der Waals surface area contributed by atoms with Crippen LogP contribution in [0.3, 0.4) is 0 Å². The summed E-state index contributed by atoms with van der Waals surface area (Å²) in [7, 11) is 3.42. The summed E-state index contributed by atoms with van der Waals surface area (Å²) in [6.45, 7) is 0.614. The van der Waals surface area contributed by atoms with Gasteiger partial charge < -0.3 is 19.7 Å². The Kier molecular flexibility index (Phi) is 5.22. The van der Waals surface area contributed by atoms with Gasteiger partial charge >= 0.3 is 0 Å². The minimum Gasteiger partial charge on any atom is -0.454 e. The summed E-state index contributed by atoms with van der Waals surface area (Å²) in [5.74, 6) is 1.14. The average molecular weight is 352 g/mol. The van der Waals surface area contributed by atoms with Gasteiger partial charge in [0, 0.05) is 32.3 Å². The molecule has 0 radical (unpaired) electrons. The van der Waals surface area contributed by atoms with Gasteiger partial charge in [0.25, 0.3) is 5.91 Å². The molecule has 0 aliphatic carbocycles. The summed E-state index contributed by atoms with van der Waals surface area (Å²) in [6.07, 6.45) is 3.19. The largest absolute Gasteiger partial charge is 0.454 e. The number of hydrogen-bond donors (Lipinski definition) is 1. The first-order valence-electron chi connectivity index (χ1n) is 8.19. The zero-order chi connectivity index (χ0) is 18.5. The van der Waals surface area contributed by atoms with Crippen molar-refractivity contribution in [1.29, 1.82) is 0 Å². The molecule has 0 bridgehead atoms. The lowest BCUT2D eigenvalue weighted by Gasteiger charge is -2.10. The first-order chi connectivity index (χ1) is 12.5. The predicted molar refractivity (Wildman–Crippen MR) is 97.9 cm³/mol. The summed E-state index contributed by atoms with van der Waals surface area (Å²) >= 11 is 0. The van der Waals surface area contributed by atoms with Gasteiger partial charge in [-0.25, -0.2) is 0 Å². The molecule has 6 nitrogen and oxygen atoms in total. The Morgan fingerprint density at radius 3 is 2.54 bits per heavy atom. The van der Waals surface area contributed by atoms with Crippen molar-refractivity contribution < 1.29 is 19.1 Å². The molecule has 2 aromatic rings. The smallest absolute Gasteiger partial charge is 0.253 e. The van der Waals surface area contributed by atoms with E-state index in [1.165, 1.54) is 11.0 Å². The van der Waals surface area contributed by atoms with Gasteiger partial charge in [-0.2, -0.15) is 0 Å². The molecular formula is C20H20N2O4. The van der Waals surface area contributed by atoms with Crippen LogP contribution in [0.1, 0.15) is 21.5 Å². The molecule has 3 rings (SSSR count). The number of carbonyl (C=O) groups excluding carboxylic acids is 2. The van der Waals surface area contributed by atoms with Crippen LogP contribution >= 0.6 is 0 Å². The highest BCUT2D eigenvalue weighted by Gasteiger charge is 2.12. The third-order valence-electron chi connectivity index (χ3n) is 3.90. The molecular weight excluding hydrogens is 332 g/mol. The lowest BCUT2D eigenvalue weighted by Crippen LogP contribution is -2.22. The number of fused-ring (bicyclic) bond motifs is 1. The maximum absolute atomic E-state index is 12.0. The highest BCUT2D eigenvalue weighted by molar-refractivity contribution is 5.94. The number of ether oxygens (including phenoxy) is 2. The van der Waals surface area contributed by atoms with Crippen molar-refractivity contribution in [3.05, 3.63) is 65.2 Å². The van der Waals surface area contributed by atoms with Gasteiger partial charge in [0.15, 0.2) is 11.5 Å². The molecule has 0 spiro atoms. The number of benzene rings is 2. The van der Waals surface area contributed by atoms with Gasteiger partial charge in [-0.05, 0) is 41.5 Å². The summed E-state index contributed by atoms with van der Waals surface area (Å²) in [6, 6.07) is 12.7. The molecule has 0 saturated heterocycles. The normalized spacial score (nSPS) is 12.2. The molecule has 134 valence electrons. The SMILES string of the molecule is CN(C)C(=O)c1ccc(CNC(=O)/C=C/c2ccc3c(c2)OCO3)cc1. The van der Waals surface area contributed by atoms with Crippen molar-refractivity contribution in [1.82, 2.24) is 10.2 Å². The van der Waals surface area contributed by atoms with Gasteiger partial charge in [-0.3, -0.25) is 9.59 Å². The van der Waals surface area contributed by atoms with Crippen LogP contribution in [0.4, 0.5) is 0 Å². The molecule has 0 aromatic heterocycles. The Morgan fingerprint density at radius 2 is 1.81 bits per heavy atom. The zero-order valence-electron chi connectivity index (χ0n) is 14.7. The van der Waals surface area contributed by atoms with E-state index in [2.05, 4.69) is 5.32 Å². The van der Waals surface area contributed by atoms with Crippen molar-refractivity contribution in [2.75, 3.05) is 20.9 Å². The molecule has 2 aromatic carbocycles. The number of carbonyl (C=O) groups is 2. The molecule has 1 aliphatic rings. The van der Waals surface area contributed by atoms with Crippen molar-refractivity contribution in [2.24, 2.45) is 0 Å². The van der Waals surface area contributed by atoms with E-state index in [1.54, 1.807) is 32.3 Å². The topological polar surface area (TPSA) is 67.9 Å². The van der Waals surface area contributed by atoms with Crippen LogP contribution in [0.5, 0.6) is 11.5 Å². The summed E-state index contributed by atoms with van der Waals surface area (Å²) in [5.41, 5.74) is 2.40. The second kappa shape index (κ2) is 7.74. The average Bonchev–Trinajstić information content (AvgIpc) is 3.12. The molecule has 0 fully saturated rings. The summed E-state index contributed by atoms with van der Waals surface area (Å²) in [5, 5.41) is 2.82. The Labute approximate surface area is 152 Å². The molecule has 1 aliphatic heterocycles. The van der Waals surface area contributed by atoms with Crippen molar-refractivity contribution in [3.8, 4) is 11.5 Å². The van der Waals surface area contributed by atoms with Crippen LogP contribution in [0, 0.1) is 0 Å². The zero-order valence-corrected chi connectivity index (χ0v) is 14.7. The lowest BCUT2D eigenvalue weighted by molar-refractivity contribution is -0.116. The van der Waals surface area contributed by atoms with Crippen LogP contribution in [0.25, 0.3) is 6.08 Å². The Bertz CT molecular complexity index is 841. The number of nitrogens with one attached hydrogen (secondary N) is 1. The summed E-state index contributed by atoms with van der Waals surface area (Å²) in [4.78, 5) is 25.3. The molecule has 1 N–H and O–H groups in total. The van der Waals surface area contributed by atoms with E-state index in [0.29, 0.717) is 23.6 Å². The molecule has 1 heterocycles. The van der Waals surface area contributed by atoms with Crippen LogP contribution in [0.15, 0.2) is 48.5 Å². The standard InChI is InChI=1S/C20H20N2O4/c1-22(2)20(24)16-7-3-15(4-8-16)12-21-19(23)10-6-14-5-9-17-18(11-14)26-13-25-17/h3-11H,12-13H2,1-2H3,(H,21,23)/b10-6+. The third kappa shape index (κ3) is 4.22. The maximum atomic E-state index is 12.0. The predicted octanol–water partition coefficient (Wildman–Crippen LogP) is 2.45. The van der Waals surface area contributed by atoms with Gasteiger partial charge in [0.1, 0.15) is 0 Å². The van der Waals surface area contributed by atoms with Gasteiger partial charge in [0.2, 0.25) is 12.7 Å². The molecule has 0 atom stereocenters. The molecule has 6 heteroatoms. The molecule has 0 saturated carbocycles. The minimum atomic E-state index is -0.198. The van der Waals surface area contributed by atoms with Gasteiger partial charge in [-0.1, -0.05) is 18.2 Å². The second-order valence-corrected chi connectivity index (χ2v) is 6.06. The van der Waals surface area contributed by atoms with E-state index in [1.807, 2.05) is 30.3 Å². The van der Waals surface area contributed by atoms with Crippen molar-refractivity contribution >= 4 is 17.9 Å². The maximum Gasteiger partial charge on any atom is 0.253 e. The van der Waals surface area contributed by atoms with Crippen LogP contribution in [0.2, 0.25) is 0 Å². The number of amides is 2. The number of nitrogens with zero attached hydrogens (tertiary/aromatic N) is 1. The number of hydrogen-bond acceptors (Lipinski definition) is 4. The Balaban J connectivity index is 1.53. The van der Waals surface area contributed by atoms with Crippen LogP contribution in [-0.4, -0.2) is 37.6 Å². The van der Waals surface area contributed by atoms with E-state index in [4.69, 9.17) is 9.47 Å². The van der Waals surface area contributed by atoms with Crippen molar-refractivity contribution in [2.45, 2.75) is 6.54 Å². The molecule has 26 heavy (non-hydrogen) atoms. The fourth-order valence-electron chi connectivity index (χ4n) is 2.46. The summed E-state index contributed by atoms with van der Waals surface area (Å²) < 4.78 is 10.6. The minimum absolute atomic E-state index is 0.0488. The number of rotatable bonds is 5. The van der Waals surface area contributed by atoms with E-state index < -0.39 is 0 Å².